The fourth-order valence-corrected chi connectivity index (χ4v) is 1.97. The zero-order chi connectivity index (χ0) is 15.5. The summed E-state index contributed by atoms with van der Waals surface area (Å²) in [5, 5.41) is 0. The van der Waals surface area contributed by atoms with Crippen LogP contribution < -0.4 is 5.73 Å². The molecular weight excluding hydrogens is 284 g/mol. The van der Waals surface area contributed by atoms with E-state index < -0.39 is 0 Å². The molecule has 0 bridgehead atoms. The third kappa shape index (κ3) is 8.42. The molecule has 0 radical (unpaired) electrons. The number of aryl methyl sites for hydroxylation is 1. The minimum atomic E-state index is 0.0642. The number of carbonyl (C=O) groups excluding carboxylic acids is 1. The van der Waals surface area contributed by atoms with E-state index in [1.54, 1.807) is 11.9 Å². The molecule has 0 fully saturated rings. The van der Waals surface area contributed by atoms with Crippen LogP contribution in [0.15, 0.2) is 30.3 Å². The standard InChI is InChI=1S/C16H24N2O2S/c1-18(11-9-15(17)21)16(19)10-13-20-12-5-8-14-6-3-2-4-7-14/h2-4,6-7H,5,8-13H2,1H3,(H2,17,21). The van der Waals surface area contributed by atoms with Crippen LogP contribution >= 0.6 is 12.2 Å². The van der Waals surface area contributed by atoms with Crippen LogP contribution in [0.5, 0.6) is 0 Å². The Morgan fingerprint density at radius 2 is 1.95 bits per heavy atom. The van der Waals surface area contributed by atoms with Crippen molar-refractivity contribution in [2.75, 3.05) is 26.8 Å². The van der Waals surface area contributed by atoms with Gasteiger partial charge < -0.3 is 15.4 Å². The Balaban J connectivity index is 2.03. The van der Waals surface area contributed by atoms with Crippen LogP contribution in [0.25, 0.3) is 0 Å². The molecule has 0 spiro atoms. The number of nitrogens with zero attached hydrogens (tertiary/aromatic N) is 1. The lowest BCUT2D eigenvalue weighted by atomic mass is 10.1. The number of benzene rings is 1. The van der Waals surface area contributed by atoms with Crippen LogP contribution in [0.3, 0.4) is 0 Å². The molecule has 4 nitrogen and oxygen atoms in total. The van der Waals surface area contributed by atoms with Crippen LogP contribution in [0.1, 0.15) is 24.8 Å². The van der Waals surface area contributed by atoms with Crippen molar-refractivity contribution in [2.24, 2.45) is 5.73 Å². The number of hydrogen-bond donors (Lipinski definition) is 1. The molecule has 116 valence electrons. The first kappa shape index (κ1) is 17.6. The number of carbonyl (C=O) groups is 1. The maximum atomic E-state index is 11.8. The minimum Gasteiger partial charge on any atom is -0.393 e. The Bertz CT molecular complexity index is 437. The van der Waals surface area contributed by atoms with Crippen molar-refractivity contribution >= 4 is 23.1 Å². The molecule has 0 unspecified atom stereocenters. The average molecular weight is 308 g/mol. The highest BCUT2D eigenvalue weighted by atomic mass is 32.1. The van der Waals surface area contributed by atoms with Crippen molar-refractivity contribution < 1.29 is 9.53 Å². The Morgan fingerprint density at radius 1 is 1.24 bits per heavy atom. The molecule has 0 saturated carbocycles. The van der Waals surface area contributed by atoms with Crippen LogP contribution in [-0.4, -0.2) is 42.6 Å². The van der Waals surface area contributed by atoms with Crippen LogP contribution in [0.4, 0.5) is 0 Å². The normalized spacial score (nSPS) is 10.3. The lowest BCUT2D eigenvalue weighted by Crippen LogP contribution is -2.30. The Morgan fingerprint density at radius 3 is 2.62 bits per heavy atom. The van der Waals surface area contributed by atoms with Crippen molar-refractivity contribution in [1.82, 2.24) is 4.90 Å². The van der Waals surface area contributed by atoms with E-state index in [0.717, 1.165) is 12.8 Å². The lowest BCUT2D eigenvalue weighted by molar-refractivity contribution is -0.130. The average Bonchev–Trinajstić information content (AvgIpc) is 2.49. The van der Waals surface area contributed by atoms with Gasteiger partial charge in [-0.1, -0.05) is 42.5 Å². The molecular formula is C16H24N2O2S. The zero-order valence-electron chi connectivity index (χ0n) is 12.6. The van der Waals surface area contributed by atoms with Gasteiger partial charge in [0.1, 0.15) is 0 Å². The molecule has 0 aliphatic heterocycles. The van der Waals surface area contributed by atoms with Gasteiger partial charge >= 0.3 is 0 Å². The predicted molar refractivity (Wildman–Crippen MR) is 89.2 cm³/mol. The molecule has 0 aromatic heterocycles. The molecule has 0 atom stereocenters. The van der Waals surface area contributed by atoms with E-state index in [1.807, 2.05) is 18.2 Å². The number of hydrogen-bond acceptors (Lipinski definition) is 3. The monoisotopic (exact) mass is 308 g/mol. The zero-order valence-corrected chi connectivity index (χ0v) is 13.4. The number of thiocarbonyl (C=S) groups is 1. The first-order valence-electron chi connectivity index (χ1n) is 7.23. The van der Waals surface area contributed by atoms with Gasteiger partial charge in [0, 0.05) is 26.6 Å². The summed E-state index contributed by atoms with van der Waals surface area (Å²) in [5.41, 5.74) is 6.73. The fourth-order valence-electron chi connectivity index (χ4n) is 1.88. The smallest absolute Gasteiger partial charge is 0.224 e. The van der Waals surface area contributed by atoms with Crippen molar-refractivity contribution in [3.05, 3.63) is 35.9 Å². The topological polar surface area (TPSA) is 55.6 Å². The van der Waals surface area contributed by atoms with Gasteiger partial charge in [-0.05, 0) is 18.4 Å². The molecule has 1 aromatic carbocycles. The number of amides is 1. The molecule has 0 saturated heterocycles. The van der Waals surface area contributed by atoms with Gasteiger partial charge in [-0.3, -0.25) is 4.79 Å². The lowest BCUT2D eigenvalue weighted by Gasteiger charge is -2.16. The van der Waals surface area contributed by atoms with E-state index in [2.05, 4.69) is 12.1 Å². The number of ether oxygens (including phenoxy) is 1. The van der Waals surface area contributed by atoms with E-state index in [0.29, 0.717) is 37.6 Å². The van der Waals surface area contributed by atoms with Gasteiger partial charge in [-0.15, -0.1) is 0 Å². The van der Waals surface area contributed by atoms with Gasteiger partial charge in [0.05, 0.1) is 18.0 Å². The number of rotatable bonds is 10. The summed E-state index contributed by atoms with van der Waals surface area (Å²) in [6.45, 7) is 1.71. The second-order valence-electron chi connectivity index (χ2n) is 4.98. The fraction of sp³-hybridized carbons (Fsp3) is 0.500. The van der Waals surface area contributed by atoms with Gasteiger partial charge in [-0.25, -0.2) is 0 Å². The quantitative estimate of drug-likeness (QED) is 0.531. The Labute approximate surface area is 132 Å². The SMILES string of the molecule is CN(CCC(N)=S)C(=O)CCOCCCc1ccccc1. The van der Waals surface area contributed by atoms with Crippen molar-refractivity contribution in [3.63, 3.8) is 0 Å². The molecule has 0 heterocycles. The summed E-state index contributed by atoms with van der Waals surface area (Å²) in [4.78, 5) is 13.9. The molecule has 1 rings (SSSR count). The summed E-state index contributed by atoms with van der Waals surface area (Å²) >= 11 is 4.79. The molecule has 1 amide bonds. The molecule has 0 aliphatic rings. The highest BCUT2D eigenvalue weighted by Gasteiger charge is 2.08. The van der Waals surface area contributed by atoms with Crippen LogP contribution in [0.2, 0.25) is 0 Å². The predicted octanol–water partition coefficient (Wildman–Crippen LogP) is 2.16. The van der Waals surface area contributed by atoms with Crippen LogP contribution in [-0.2, 0) is 16.0 Å². The van der Waals surface area contributed by atoms with E-state index in [4.69, 9.17) is 22.7 Å². The van der Waals surface area contributed by atoms with Crippen LogP contribution in [0, 0.1) is 0 Å². The minimum absolute atomic E-state index is 0.0642. The first-order chi connectivity index (χ1) is 10.1. The molecule has 5 heteroatoms. The summed E-state index contributed by atoms with van der Waals surface area (Å²) in [5.74, 6) is 0.0642. The van der Waals surface area contributed by atoms with Gasteiger partial charge in [0.2, 0.25) is 5.91 Å². The largest absolute Gasteiger partial charge is 0.393 e. The highest BCUT2D eigenvalue weighted by Crippen LogP contribution is 2.02. The first-order valence-corrected chi connectivity index (χ1v) is 7.64. The van der Waals surface area contributed by atoms with Crippen molar-refractivity contribution in [1.29, 1.82) is 0 Å². The Hall–Kier alpha value is -1.46. The maximum Gasteiger partial charge on any atom is 0.224 e. The van der Waals surface area contributed by atoms with E-state index in [-0.39, 0.29) is 5.91 Å². The summed E-state index contributed by atoms with van der Waals surface area (Å²) in [7, 11) is 1.76. The van der Waals surface area contributed by atoms with E-state index in [9.17, 15) is 4.79 Å². The highest BCUT2D eigenvalue weighted by molar-refractivity contribution is 7.80. The number of nitrogens with two attached hydrogens (primary N) is 1. The second kappa shape index (κ2) is 10.3. The Kier molecular flexibility index (Phi) is 8.62. The van der Waals surface area contributed by atoms with Gasteiger partial charge in [-0.2, -0.15) is 0 Å². The molecule has 21 heavy (non-hydrogen) atoms. The summed E-state index contributed by atoms with van der Waals surface area (Å²) in [6.07, 6.45) is 2.94. The summed E-state index contributed by atoms with van der Waals surface area (Å²) in [6, 6.07) is 10.3. The second-order valence-corrected chi connectivity index (χ2v) is 5.51. The molecule has 1 aromatic rings. The summed E-state index contributed by atoms with van der Waals surface area (Å²) < 4.78 is 5.50. The van der Waals surface area contributed by atoms with Gasteiger partial charge in [0.25, 0.3) is 0 Å². The third-order valence-corrected chi connectivity index (χ3v) is 3.38. The third-order valence-electron chi connectivity index (χ3n) is 3.18. The van der Waals surface area contributed by atoms with Gasteiger partial charge in [0.15, 0.2) is 0 Å². The maximum absolute atomic E-state index is 11.8. The van der Waals surface area contributed by atoms with Crippen molar-refractivity contribution in [3.8, 4) is 0 Å². The van der Waals surface area contributed by atoms with E-state index in [1.165, 1.54) is 5.56 Å². The molecule has 2 N–H and O–H groups in total. The van der Waals surface area contributed by atoms with E-state index >= 15 is 0 Å². The van der Waals surface area contributed by atoms with Crippen molar-refractivity contribution in [2.45, 2.75) is 25.7 Å². The molecule has 0 aliphatic carbocycles.